The molecule has 0 saturated carbocycles. The summed E-state index contributed by atoms with van der Waals surface area (Å²) >= 11 is 6.96. The zero-order chi connectivity index (χ0) is 21.9. The lowest BCUT2D eigenvalue weighted by atomic mass is 10.1. The number of halogens is 4. The van der Waals surface area contributed by atoms with Gasteiger partial charge in [-0.2, -0.15) is 13.2 Å². The molecule has 0 aliphatic heterocycles. The van der Waals surface area contributed by atoms with Gasteiger partial charge in [0.1, 0.15) is 0 Å². The molecule has 0 aliphatic carbocycles. The molecule has 0 unspecified atom stereocenters. The van der Waals surface area contributed by atoms with Gasteiger partial charge in [0, 0.05) is 11.6 Å². The Morgan fingerprint density at radius 2 is 1.97 bits per heavy atom. The molecule has 0 radical (unpaired) electrons. The number of rotatable bonds is 6. The lowest BCUT2D eigenvalue weighted by Crippen LogP contribution is -2.24. The van der Waals surface area contributed by atoms with Crippen molar-refractivity contribution in [3.8, 4) is 0 Å². The van der Waals surface area contributed by atoms with Crippen LogP contribution in [0.5, 0.6) is 0 Å². The highest BCUT2D eigenvalue weighted by Gasteiger charge is 2.33. The number of hydrogen-bond donors (Lipinski definition) is 1. The Morgan fingerprint density at radius 1 is 1.23 bits per heavy atom. The van der Waals surface area contributed by atoms with Crippen molar-refractivity contribution in [2.75, 3.05) is 11.1 Å². The van der Waals surface area contributed by atoms with Gasteiger partial charge in [0.25, 0.3) is 5.56 Å². The third-order valence-corrected chi connectivity index (χ3v) is 5.38. The highest BCUT2D eigenvalue weighted by atomic mass is 35.5. The Hall–Kier alpha value is -2.52. The van der Waals surface area contributed by atoms with Gasteiger partial charge >= 0.3 is 6.18 Å². The van der Waals surface area contributed by atoms with Crippen LogP contribution in [0, 0.1) is 0 Å². The summed E-state index contributed by atoms with van der Waals surface area (Å²) in [7, 11) is 0. The molecule has 3 rings (SSSR count). The average molecular weight is 456 g/mol. The summed E-state index contributed by atoms with van der Waals surface area (Å²) in [5.74, 6) is -0.853. The van der Waals surface area contributed by atoms with E-state index in [-0.39, 0.29) is 17.0 Å². The van der Waals surface area contributed by atoms with Gasteiger partial charge in [0.05, 0.1) is 27.9 Å². The fourth-order valence-corrected chi connectivity index (χ4v) is 3.85. The van der Waals surface area contributed by atoms with Gasteiger partial charge in [-0.3, -0.25) is 14.2 Å². The molecule has 0 saturated heterocycles. The summed E-state index contributed by atoms with van der Waals surface area (Å²) in [6.45, 7) is 2.29. The molecule has 0 bridgehead atoms. The first kappa shape index (κ1) is 22.2. The number of benzene rings is 2. The van der Waals surface area contributed by atoms with Gasteiger partial charge in [0.15, 0.2) is 5.16 Å². The Bertz CT molecular complexity index is 1150. The molecular formula is C20H17ClF3N3O2S. The minimum atomic E-state index is -4.59. The quantitative estimate of drug-likeness (QED) is 0.409. The summed E-state index contributed by atoms with van der Waals surface area (Å²) in [5, 5.41) is 3.41. The first-order valence-corrected chi connectivity index (χ1v) is 10.4. The third-order valence-electron chi connectivity index (χ3n) is 4.17. The van der Waals surface area contributed by atoms with E-state index in [0.29, 0.717) is 34.0 Å². The standard InChI is InChI=1S/C20H17ClF3N3O2S/c1-2-9-27-18(29)13-8-7-12(21)10-16(13)26-19(27)30-11-17(28)25-15-6-4-3-5-14(15)20(22,23)24/h3-8,10H,2,9,11H2,1H3,(H,25,28). The number of para-hydroxylation sites is 1. The van der Waals surface area contributed by atoms with Crippen molar-refractivity contribution in [3.05, 3.63) is 63.4 Å². The van der Waals surface area contributed by atoms with Crippen LogP contribution in [0.25, 0.3) is 10.9 Å². The van der Waals surface area contributed by atoms with Gasteiger partial charge in [-0.05, 0) is 36.8 Å². The van der Waals surface area contributed by atoms with Crippen molar-refractivity contribution in [2.45, 2.75) is 31.2 Å². The minimum absolute atomic E-state index is 0.214. The molecular weight excluding hydrogens is 439 g/mol. The number of thioether (sulfide) groups is 1. The number of carbonyl (C=O) groups is 1. The molecule has 2 aromatic carbocycles. The zero-order valence-corrected chi connectivity index (χ0v) is 17.4. The lowest BCUT2D eigenvalue weighted by molar-refractivity contribution is -0.137. The molecule has 3 aromatic rings. The van der Waals surface area contributed by atoms with E-state index in [1.54, 1.807) is 18.2 Å². The van der Waals surface area contributed by atoms with Crippen LogP contribution in [0.4, 0.5) is 18.9 Å². The topological polar surface area (TPSA) is 64.0 Å². The molecule has 0 atom stereocenters. The molecule has 5 nitrogen and oxygen atoms in total. The highest BCUT2D eigenvalue weighted by Crippen LogP contribution is 2.34. The zero-order valence-electron chi connectivity index (χ0n) is 15.8. The summed E-state index contributed by atoms with van der Waals surface area (Å²) in [4.78, 5) is 29.5. The van der Waals surface area contributed by atoms with Gasteiger partial charge < -0.3 is 5.32 Å². The van der Waals surface area contributed by atoms with E-state index in [2.05, 4.69) is 10.3 Å². The Kier molecular flexibility index (Phi) is 6.72. The van der Waals surface area contributed by atoms with E-state index in [4.69, 9.17) is 11.6 Å². The van der Waals surface area contributed by atoms with Crippen molar-refractivity contribution in [2.24, 2.45) is 0 Å². The molecule has 1 aromatic heterocycles. The van der Waals surface area contributed by atoms with Crippen LogP contribution in [0.15, 0.2) is 52.4 Å². The van der Waals surface area contributed by atoms with Crippen molar-refractivity contribution < 1.29 is 18.0 Å². The average Bonchev–Trinajstić information content (AvgIpc) is 2.68. The van der Waals surface area contributed by atoms with Crippen molar-refractivity contribution in [1.29, 1.82) is 0 Å². The molecule has 30 heavy (non-hydrogen) atoms. The van der Waals surface area contributed by atoms with Crippen LogP contribution in [0.2, 0.25) is 5.02 Å². The number of hydrogen-bond acceptors (Lipinski definition) is 4. The second-order valence-electron chi connectivity index (χ2n) is 6.39. The molecule has 10 heteroatoms. The maximum Gasteiger partial charge on any atom is 0.418 e. The van der Waals surface area contributed by atoms with E-state index < -0.39 is 17.6 Å². The highest BCUT2D eigenvalue weighted by molar-refractivity contribution is 7.99. The first-order chi connectivity index (χ1) is 14.2. The second kappa shape index (κ2) is 9.09. The van der Waals surface area contributed by atoms with Crippen LogP contribution in [-0.2, 0) is 17.5 Å². The predicted molar refractivity (Wildman–Crippen MR) is 112 cm³/mol. The van der Waals surface area contributed by atoms with Gasteiger partial charge in [-0.15, -0.1) is 0 Å². The molecule has 158 valence electrons. The maximum atomic E-state index is 13.1. The number of anilines is 1. The van der Waals surface area contributed by atoms with Crippen molar-refractivity contribution in [1.82, 2.24) is 9.55 Å². The second-order valence-corrected chi connectivity index (χ2v) is 7.77. The summed E-state index contributed by atoms with van der Waals surface area (Å²) in [5.41, 5.74) is -1.11. The number of carbonyl (C=O) groups excluding carboxylic acids is 1. The van der Waals surface area contributed by atoms with Gasteiger partial charge in [-0.25, -0.2) is 4.98 Å². The van der Waals surface area contributed by atoms with Crippen LogP contribution >= 0.6 is 23.4 Å². The summed E-state index contributed by atoms with van der Waals surface area (Å²) < 4.78 is 40.7. The van der Waals surface area contributed by atoms with Crippen LogP contribution in [0.3, 0.4) is 0 Å². The smallest absolute Gasteiger partial charge is 0.325 e. The number of aromatic nitrogens is 2. The number of nitrogens with zero attached hydrogens (tertiary/aromatic N) is 2. The summed E-state index contributed by atoms with van der Waals surface area (Å²) in [6.07, 6.45) is -3.92. The minimum Gasteiger partial charge on any atom is -0.325 e. The Labute approximate surface area is 179 Å². The normalized spacial score (nSPS) is 11.6. The molecule has 0 fully saturated rings. The van der Waals surface area contributed by atoms with Crippen LogP contribution < -0.4 is 10.9 Å². The van der Waals surface area contributed by atoms with Crippen molar-refractivity contribution >= 4 is 45.9 Å². The van der Waals surface area contributed by atoms with Crippen LogP contribution in [-0.4, -0.2) is 21.2 Å². The molecule has 1 heterocycles. The van der Waals surface area contributed by atoms with E-state index in [9.17, 15) is 22.8 Å². The first-order valence-electron chi connectivity index (χ1n) is 8.99. The van der Waals surface area contributed by atoms with E-state index >= 15 is 0 Å². The summed E-state index contributed by atoms with van der Waals surface area (Å²) in [6, 6.07) is 9.49. The molecule has 0 spiro atoms. The monoisotopic (exact) mass is 455 g/mol. The third kappa shape index (κ3) is 4.96. The van der Waals surface area contributed by atoms with E-state index in [1.165, 1.54) is 22.8 Å². The Balaban J connectivity index is 1.84. The molecule has 1 amide bonds. The number of nitrogens with one attached hydrogen (secondary N) is 1. The van der Waals surface area contributed by atoms with Crippen molar-refractivity contribution in [3.63, 3.8) is 0 Å². The SMILES string of the molecule is CCCn1c(SCC(=O)Nc2ccccc2C(F)(F)F)nc2cc(Cl)ccc2c1=O. The maximum absolute atomic E-state index is 13.1. The molecule has 1 N–H and O–H groups in total. The lowest BCUT2D eigenvalue weighted by Gasteiger charge is -2.14. The number of alkyl halides is 3. The number of fused-ring (bicyclic) bond motifs is 1. The largest absolute Gasteiger partial charge is 0.418 e. The predicted octanol–water partition coefficient (Wildman–Crippen LogP) is 5.21. The van der Waals surface area contributed by atoms with Crippen LogP contribution in [0.1, 0.15) is 18.9 Å². The van der Waals surface area contributed by atoms with Gasteiger partial charge in [0.2, 0.25) is 5.91 Å². The van der Waals surface area contributed by atoms with E-state index in [0.717, 1.165) is 17.8 Å². The van der Waals surface area contributed by atoms with Gasteiger partial charge in [-0.1, -0.05) is 42.4 Å². The Morgan fingerprint density at radius 3 is 2.67 bits per heavy atom. The number of amides is 1. The van der Waals surface area contributed by atoms with E-state index in [1.807, 2.05) is 6.92 Å². The fraction of sp³-hybridized carbons (Fsp3) is 0.250. The molecule has 0 aliphatic rings. The fourth-order valence-electron chi connectivity index (χ4n) is 2.86.